The highest BCUT2D eigenvalue weighted by atomic mass is 32.2. The third kappa shape index (κ3) is 4.30. The lowest BCUT2D eigenvalue weighted by Crippen LogP contribution is -2.33. The van der Waals surface area contributed by atoms with E-state index in [0.717, 1.165) is 61.8 Å². The molecular weight excluding hydrogens is 426 g/mol. The molecule has 4 rings (SSSR count). The number of hydrogen-bond acceptors (Lipinski definition) is 5. The van der Waals surface area contributed by atoms with Gasteiger partial charge in [-0.2, -0.15) is 0 Å². The number of carbonyl (C=O) groups is 1. The van der Waals surface area contributed by atoms with Crippen molar-refractivity contribution < 1.29 is 4.79 Å². The van der Waals surface area contributed by atoms with E-state index in [0.29, 0.717) is 21.3 Å². The Balaban J connectivity index is 1.82. The summed E-state index contributed by atoms with van der Waals surface area (Å²) in [6.07, 6.45) is 8.33. The Kier molecular flexibility index (Phi) is 6.82. The highest BCUT2D eigenvalue weighted by Gasteiger charge is 2.32. The number of pyridine rings is 1. The van der Waals surface area contributed by atoms with Crippen molar-refractivity contribution in [2.45, 2.75) is 45.4 Å². The predicted octanol–water partition coefficient (Wildman–Crippen LogP) is 4.92. The molecule has 7 heteroatoms. The maximum atomic E-state index is 13.4. The van der Waals surface area contributed by atoms with Gasteiger partial charge in [0.1, 0.15) is 4.32 Å². The van der Waals surface area contributed by atoms with Crippen LogP contribution in [-0.4, -0.2) is 39.3 Å². The van der Waals surface area contributed by atoms with Crippen LogP contribution >= 0.6 is 24.0 Å². The van der Waals surface area contributed by atoms with Crippen LogP contribution in [0.3, 0.4) is 0 Å². The van der Waals surface area contributed by atoms with Gasteiger partial charge in [0.2, 0.25) is 0 Å². The van der Waals surface area contributed by atoms with Gasteiger partial charge in [-0.1, -0.05) is 61.9 Å². The normalized spacial score (nSPS) is 18.6. The van der Waals surface area contributed by atoms with E-state index in [-0.39, 0.29) is 11.5 Å². The Morgan fingerprint density at radius 3 is 2.58 bits per heavy atom. The van der Waals surface area contributed by atoms with E-state index in [9.17, 15) is 9.59 Å². The molecule has 0 bridgehead atoms. The molecule has 0 aliphatic carbocycles. The minimum atomic E-state index is -0.0779. The number of benzene rings is 1. The topological polar surface area (TPSA) is 45.6 Å². The Labute approximate surface area is 193 Å². The molecule has 1 aromatic carbocycles. The molecule has 0 spiro atoms. The van der Waals surface area contributed by atoms with Crippen LogP contribution in [0, 0.1) is 0 Å². The van der Waals surface area contributed by atoms with E-state index < -0.39 is 0 Å². The lowest BCUT2D eigenvalue weighted by atomic mass is 10.0. The molecule has 5 nitrogen and oxygen atoms in total. The van der Waals surface area contributed by atoms with Gasteiger partial charge in [0.05, 0.1) is 21.7 Å². The Bertz CT molecular complexity index is 1100. The largest absolute Gasteiger partial charge is 0.370 e. The number of aryl methyl sites for hydroxylation is 1. The highest BCUT2D eigenvalue weighted by molar-refractivity contribution is 8.26. The number of hydrogen-bond donors (Lipinski definition) is 0. The van der Waals surface area contributed by atoms with Crippen LogP contribution in [0.25, 0.3) is 17.0 Å². The molecule has 0 saturated carbocycles. The lowest BCUT2D eigenvalue weighted by molar-refractivity contribution is -0.122. The summed E-state index contributed by atoms with van der Waals surface area (Å²) in [6, 6.07) is 8.04. The van der Waals surface area contributed by atoms with Crippen molar-refractivity contribution in [1.29, 1.82) is 0 Å². The van der Waals surface area contributed by atoms with Crippen LogP contribution in [0.2, 0.25) is 0 Å². The highest BCUT2D eigenvalue weighted by Crippen LogP contribution is 2.36. The number of aromatic nitrogens is 1. The summed E-state index contributed by atoms with van der Waals surface area (Å²) in [6.45, 7) is 4.64. The maximum absolute atomic E-state index is 13.4. The van der Waals surface area contributed by atoms with E-state index in [1.54, 1.807) is 22.6 Å². The number of nitrogens with zero attached hydrogens (tertiary/aromatic N) is 3. The number of thiocarbonyl (C=S) groups is 1. The molecule has 164 valence electrons. The molecule has 0 radical (unpaired) electrons. The number of carbonyl (C=O) groups excluding carboxylic acids is 1. The fourth-order valence-corrected chi connectivity index (χ4v) is 5.73. The quantitative estimate of drug-likeness (QED) is 0.351. The van der Waals surface area contributed by atoms with Gasteiger partial charge in [-0.05, 0) is 37.8 Å². The lowest BCUT2D eigenvalue weighted by Gasteiger charge is -2.31. The smallest absolute Gasteiger partial charge is 0.266 e. The van der Waals surface area contributed by atoms with Crippen molar-refractivity contribution >= 4 is 56.9 Å². The second kappa shape index (κ2) is 9.57. The first-order valence-corrected chi connectivity index (χ1v) is 12.4. The average molecular weight is 456 g/mol. The van der Waals surface area contributed by atoms with Gasteiger partial charge in [-0.25, -0.2) is 0 Å². The van der Waals surface area contributed by atoms with Gasteiger partial charge in [0, 0.05) is 32.1 Å². The van der Waals surface area contributed by atoms with Gasteiger partial charge in [0.15, 0.2) is 0 Å². The van der Waals surface area contributed by atoms with Gasteiger partial charge in [-0.3, -0.25) is 14.5 Å². The molecule has 0 unspecified atom stereocenters. The van der Waals surface area contributed by atoms with Crippen molar-refractivity contribution in [2.24, 2.45) is 7.05 Å². The first-order valence-electron chi connectivity index (χ1n) is 11.1. The zero-order valence-electron chi connectivity index (χ0n) is 18.2. The molecule has 3 heterocycles. The zero-order chi connectivity index (χ0) is 22.0. The van der Waals surface area contributed by atoms with E-state index >= 15 is 0 Å². The van der Waals surface area contributed by atoms with Crippen molar-refractivity contribution in [3.05, 3.63) is 45.1 Å². The Morgan fingerprint density at radius 2 is 1.84 bits per heavy atom. The predicted molar refractivity (Wildman–Crippen MR) is 135 cm³/mol. The fraction of sp³-hybridized carbons (Fsp3) is 0.458. The number of para-hydroxylation sites is 1. The number of unbranched alkanes of at least 4 members (excludes halogenated alkanes) is 2. The van der Waals surface area contributed by atoms with E-state index in [4.69, 9.17) is 12.2 Å². The number of thioether (sulfide) groups is 1. The van der Waals surface area contributed by atoms with E-state index in [1.165, 1.54) is 18.2 Å². The Hall–Kier alpha value is -2.12. The third-order valence-corrected chi connectivity index (χ3v) is 7.50. The summed E-state index contributed by atoms with van der Waals surface area (Å²) < 4.78 is 2.28. The number of rotatable bonds is 6. The molecule has 1 aromatic heterocycles. The first-order chi connectivity index (χ1) is 15.0. The van der Waals surface area contributed by atoms with Crippen molar-refractivity contribution in [3.8, 4) is 0 Å². The monoisotopic (exact) mass is 455 g/mol. The summed E-state index contributed by atoms with van der Waals surface area (Å²) in [5.41, 5.74) is 2.39. The van der Waals surface area contributed by atoms with Crippen LogP contribution in [0.4, 0.5) is 5.69 Å². The van der Waals surface area contributed by atoms with Crippen molar-refractivity contribution in [1.82, 2.24) is 9.47 Å². The summed E-state index contributed by atoms with van der Waals surface area (Å²) in [7, 11) is 1.80. The van der Waals surface area contributed by atoms with Crippen molar-refractivity contribution in [2.75, 3.05) is 24.5 Å². The second-order valence-corrected chi connectivity index (χ2v) is 9.91. The molecule has 0 N–H and O–H groups in total. The van der Waals surface area contributed by atoms with Crippen LogP contribution in [0.5, 0.6) is 0 Å². The van der Waals surface area contributed by atoms with Gasteiger partial charge >= 0.3 is 0 Å². The zero-order valence-corrected chi connectivity index (χ0v) is 19.9. The van der Waals surface area contributed by atoms with Crippen LogP contribution in [-0.2, 0) is 11.8 Å². The standard InChI is InChI=1S/C24H29N3O2S2/c1-3-4-8-15-27-23(29)20(31-24(27)30)16-18-21(26-13-9-5-10-14-26)17-11-6-7-12-19(17)25(2)22(18)28/h6-7,11-12,16H,3-5,8-10,13-15H2,1-2H3. The molecule has 31 heavy (non-hydrogen) atoms. The summed E-state index contributed by atoms with van der Waals surface area (Å²) in [4.78, 5) is 31.1. The van der Waals surface area contributed by atoms with Gasteiger partial charge in [0.25, 0.3) is 11.5 Å². The van der Waals surface area contributed by atoms with Gasteiger partial charge < -0.3 is 9.47 Å². The molecule has 2 fully saturated rings. The Morgan fingerprint density at radius 1 is 1.10 bits per heavy atom. The van der Waals surface area contributed by atoms with Crippen LogP contribution in [0.15, 0.2) is 34.0 Å². The van der Waals surface area contributed by atoms with Crippen molar-refractivity contribution in [3.63, 3.8) is 0 Å². The second-order valence-electron chi connectivity index (χ2n) is 8.23. The first kappa shape index (κ1) is 22.1. The van der Waals surface area contributed by atoms with Crippen LogP contribution in [0.1, 0.15) is 51.0 Å². The molecule has 0 atom stereocenters. The molecule has 1 amide bonds. The molecule has 2 aromatic rings. The molecule has 2 aliphatic rings. The summed E-state index contributed by atoms with van der Waals surface area (Å²) in [5, 5.41) is 1.05. The maximum Gasteiger partial charge on any atom is 0.266 e. The molecule has 2 saturated heterocycles. The number of amides is 1. The number of fused-ring (bicyclic) bond motifs is 1. The average Bonchev–Trinajstić information content (AvgIpc) is 3.05. The summed E-state index contributed by atoms with van der Waals surface area (Å²) >= 11 is 6.80. The number of anilines is 1. The van der Waals surface area contributed by atoms with E-state index in [1.807, 2.05) is 18.2 Å². The third-order valence-electron chi connectivity index (χ3n) is 6.12. The molecular formula is C24H29N3O2S2. The minimum Gasteiger partial charge on any atom is -0.370 e. The van der Waals surface area contributed by atoms with Crippen LogP contribution < -0.4 is 10.5 Å². The molecule has 2 aliphatic heterocycles. The summed E-state index contributed by atoms with van der Waals surface area (Å²) in [5.74, 6) is -0.0779. The van der Waals surface area contributed by atoms with E-state index in [2.05, 4.69) is 17.9 Å². The number of piperidine rings is 1. The fourth-order valence-electron chi connectivity index (χ4n) is 4.43. The SMILES string of the molecule is CCCCCN1C(=O)C(=Cc2c(N3CCCCC3)c3ccccc3n(C)c2=O)SC1=S. The van der Waals surface area contributed by atoms with Gasteiger partial charge in [-0.15, -0.1) is 0 Å². The minimum absolute atomic E-state index is 0.0736.